The van der Waals surface area contributed by atoms with Gasteiger partial charge >= 0.3 is 12.1 Å². The van der Waals surface area contributed by atoms with E-state index in [0.717, 1.165) is 5.56 Å². The maximum atomic E-state index is 12.1. The number of methoxy groups -OCH3 is 1. The standard InChI is InChI=1S/C17H24N4O4S2/c1-17(2,3)27-26-11-14(9-15(22)24-4)19-16(23)25-10-12-5-7-13(8-6-12)20-21-18/h5-8,14H,9-11H2,1-4H3,(H,19,23)/t14-/m1/s1. The number of hydrogen-bond acceptors (Lipinski definition) is 7. The molecule has 1 rings (SSSR count). The van der Waals surface area contributed by atoms with E-state index >= 15 is 0 Å². The Bertz CT molecular complexity index is 671. The first-order chi connectivity index (χ1) is 12.7. The molecule has 8 nitrogen and oxygen atoms in total. The Hall–Kier alpha value is -2.03. The molecule has 0 bridgehead atoms. The number of alkyl carbamates (subject to hydrolysis) is 1. The van der Waals surface area contributed by atoms with Gasteiger partial charge in [0.1, 0.15) is 6.61 Å². The molecule has 0 aliphatic heterocycles. The van der Waals surface area contributed by atoms with Gasteiger partial charge in [0, 0.05) is 21.1 Å². The number of carbonyl (C=O) groups excluding carboxylic acids is 2. The molecular formula is C17H24N4O4S2. The van der Waals surface area contributed by atoms with E-state index in [4.69, 9.17) is 10.3 Å². The molecular weight excluding hydrogens is 388 g/mol. The van der Waals surface area contributed by atoms with Crippen LogP contribution in [0.5, 0.6) is 0 Å². The molecule has 0 aliphatic carbocycles. The van der Waals surface area contributed by atoms with E-state index in [1.807, 2.05) is 0 Å². The maximum Gasteiger partial charge on any atom is 0.407 e. The highest BCUT2D eigenvalue weighted by molar-refractivity contribution is 8.77. The topological polar surface area (TPSA) is 113 Å². The molecule has 0 aromatic heterocycles. The van der Waals surface area contributed by atoms with Crippen LogP contribution in [-0.2, 0) is 20.9 Å². The molecule has 0 spiro atoms. The summed E-state index contributed by atoms with van der Waals surface area (Å²) in [4.78, 5) is 26.3. The van der Waals surface area contributed by atoms with Crippen molar-refractivity contribution in [2.24, 2.45) is 5.11 Å². The van der Waals surface area contributed by atoms with Crippen LogP contribution >= 0.6 is 21.6 Å². The highest BCUT2D eigenvalue weighted by Gasteiger charge is 2.20. The number of nitrogens with zero attached hydrogens (tertiary/aromatic N) is 3. The van der Waals surface area contributed by atoms with Crippen LogP contribution in [0.3, 0.4) is 0 Å². The normalized spacial score (nSPS) is 11.9. The van der Waals surface area contributed by atoms with Crippen LogP contribution in [-0.4, -0.2) is 35.7 Å². The molecule has 0 fully saturated rings. The van der Waals surface area contributed by atoms with Crippen LogP contribution in [0.15, 0.2) is 29.4 Å². The molecule has 0 radical (unpaired) electrons. The summed E-state index contributed by atoms with van der Waals surface area (Å²) in [6, 6.07) is 6.29. The number of benzene rings is 1. The number of carbonyl (C=O) groups is 2. The lowest BCUT2D eigenvalue weighted by Crippen LogP contribution is -2.38. The van der Waals surface area contributed by atoms with Crippen molar-refractivity contribution in [1.82, 2.24) is 5.32 Å². The van der Waals surface area contributed by atoms with Gasteiger partial charge in [-0.2, -0.15) is 0 Å². The average molecular weight is 413 g/mol. The second-order valence-electron chi connectivity index (χ2n) is 6.53. The fourth-order valence-corrected chi connectivity index (χ4v) is 4.34. The van der Waals surface area contributed by atoms with E-state index in [0.29, 0.717) is 11.4 Å². The molecule has 1 N–H and O–H groups in total. The van der Waals surface area contributed by atoms with Crippen molar-refractivity contribution in [2.45, 2.75) is 44.6 Å². The van der Waals surface area contributed by atoms with Crippen LogP contribution in [0, 0.1) is 0 Å². The monoisotopic (exact) mass is 412 g/mol. The summed E-state index contributed by atoms with van der Waals surface area (Å²) in [5.74, 6) is 0.155. The average Bonchev–Trinajstić information content (AvgIpc) is 2.60. The Kier molecular flexibility index (Phi) is 9.92. The molecule has 0 heterocycles. The summed E-state index contributed by atoms with van der Waals surface area (Å²) in [6.45, 7) is 6.34. The third-order valence-electron chi connectivity index (χ3n) is 3.01. The van der Waals surface area contributed by atoms with Crippen LogP contribution in [0.4, 0.5) is 10.5 Å². The zero-order valence-corrected chi connectivity index (χ0v) is 17.4. The largest absolute Gasteiger partial charge is 0.469 e. The predicted molar refractivity (Wildman–Crippen MR) is 109 cm³/mol. The van der Waals surface area contributed by atoms with Gasteiger partial charge in [0.25, 0.3) is 0 Å². The van der Waals surface area contributed by atoms with Gasteiger partial charge in [-0.1, -0.05) is 71.7 Å². The Morgan fingerprint density at radius 2 is 1.96 bits per heavy atom. The van der Waals surface area contributed by atoms with Gasteiger partial charge in [0.05, 0.1) is 19.6 Å². The molecule has 0 unspecified atom stereocenters. The fourth-order valence-electron chi connectivity index (χ4n) is 1.80. The van der Waals surface area contributed by atoms with Crippen molar-refractivity contribution < 1.29 is 19.1 Å². The molecule has 10 heteroatoms. The second kappa shape index (κ2) is 11.6. The van der Waals surface area contributed by atoms with E-state index < -0.39 is 18.1 Å². The minimum Gasteiger partial charge on any atom is -0.469 e. The molecule has 148 valence electrons. The summed E-state index contributed by atoms with van der Waals surface area (Å²) in [7, 11) is 4.57. The highest BCUT2D eigenvalue weighted by Crippen LogP contribution is 2.35. The lowest BCUT2D eigenvalue weighted by Gasteiger charge is -2.20. The smallest absolute Gasteiger partial charge is 0.407 e. The van der Waals surface area contributed by atoms with Crippen molar-refractivity contribution in [2.75, 3.05) is 12.9 Å². The number of ether oxygens (including phenoxy) is 2. The zero-order valence-electron chi connectivity index (χ0n) is 15.8. The minimum absolute atomic E-state index is 0.0667. The van der Waals surface area contributed by atoms with Crippen LogP contribution in [0.1, 0.15) is 32.8 Å². The Labute approximate surface area is 166 Å². The molecule has 0 saturated carbocycles. The summed E-state index contributed by atoms with van der Waals surface area (Å²) in [5, 5.41) is 6.18. The summed E-state index contributed by atoms with van der Waals surface area (Å²) >= 11 is 0. The third-order valence-corrected chi connectivity index (χ3v) is 6.43. The number of azide groups is 1. The lowest BCUT2D eigenvalue weighted by molar-refractivity contribution is -0.141. The van der Waals surface area contributed by atoms with E-state index in [1.165, 1.54) is 7.11 Å². The van der Waals surface area contributed by atoms with Crippen molar-refractivity contribution in [3.8, 4) is 0 Å². The number of nitrogens with one attached hydrogen (secondary N) is 1. The SMILES string of the molecule is COC(=O)C[C@H](CSSC(C)(C)C)NC(=O)OCc1ccc(N=[N+]=[N-])cc1. The van der Waals surface area contributed by atoms with E-state index in [1.54, 1.807) is 45.9 Å². The van der Waals surface area contributed by atoms with Gasteiger partial charge in [-0.15, -0.1) is 0 Å². The van der Waals surface area contributed by atoms with Crippen molar-refractivity contribution in [3.63, 3.8) is 0 Å². The van der Waals surface area contributed by atoms with E-state index in [9.17, 15) is 9.59 Å². The number of hydrogen-bond donors (Lipinski definition) is 1. The van der Waals surface area contributed by atoms with Gasteiger partial charge in [-0.3, -0.25) is 4.79 Å². The fraction of sp³-hybridized carbons (Fsp3) is 0.529. The highest BCUT2D eigenvalue weighted by atomic mass is 33.1. The molecule has 1 atom stereocenters. The molecule has 1 aromatic rings. The van der Waals surface area contributed by atoms with Gasteiger partial charge in [-0.25, -0.2) is 4.79 Å². The lowest BCUT2D eigenvalue weighted by atomic mass is 10.2. The van der Waals surface area contributed by atoms with Crippen molar-refractivity contribution in [3.05, 3.63) is 40.3 Å². The quantitative estimate of drug-likeness (QED) is 0.201. The Morgan fingerprint density at radius 1 is 1.30 bits per heavy atom. The van der Waals surface area contributed by atoms with Crippen molar-refractivity contribution >= 4 is 39.3 Å². The van der Waals surface area contributed by atoms with Gasteiger partial charge < -0.3 is 14.8 Å². The summed E-state index contributed by atoms with van der Waals surface area (Å²) in [5.41, 5.74) is 9.62. The number of esters is 1. The van der Waals surface area contributed by atoms with Gasteiger partial charge in [-0.05, 0) is 11.1 Å². The van der Waals surface area contributed by atoms with E-state index in [-0.39, 0.29) is 17.8 Å². The van der Waals surface area contributed by atoms with Crippen LogP contribution in [0.25, 0.3) is 10.4 Å². The van der Waals surface area contributed by atoms with E-state index in [2.05, 4.69) is 40.9 Å². The summed E-state index contributed by atoms with van der Waals surface area (Å²) < 4.78 is 9.96. The number of amides is 1. The second-order valence-corrected chi connectivity index (χ2v) is 9.70. The molecule has 1 aromatic carbocycles. The first-order valence-electron chi connectivity index (χ1n) is 8.18. The van der Waals surface area contributed by atoms with Gasteiger partial charge in [0.15, 0.2) is 0 Å². The number of rotatable bonds is 9. The molecule has 1 amide bonds. The first kappa shape index (κ1) is 23.0. The molecule has 27 heavy (non-hydrogen) atoms. The summed E-state index contributed by atoms with van der Waals surface area (Å²) in [6.07, 6.45) is -0.533. The third kappa shape index (κ3) is 10.6. The minimum atomic E-state index is -0.607. The Balaban J connectivity index is 2.53. The Morgan fingerprint density at radius 3 is 2.52 bits per heavy atom. The zero-order chi connectivity index (χ0) is 20.3. The van der Waals surface area contributed by atoms with Crippen molar-refractivity contribution in [1.29, 1.82) is 0 Å². The van der Waals surface area contributed by atoms with Gasteiger partial charge in [0.2, 0.25) is 0 Å². The predicted octanol–water partition coefficient (Wildman–Crippen LogP) is 4.97. The maximum absolute atomic E-state index is 12.1. The van der Waals surface area contributed by atoms with Crippen LogP contribution in [0.2, 0.25) is 0 Å². The van der Waals surface area contributed by atoms with Crippen LogP contribution < -0.4 is 5.32 Å². The molecule has 0 saturated heterocycles. The molecule has 0 aliphatic rings. The first-order valence-corrected chi connectivity index (χ1v) is 10.5.